The summed E-state index contributed by atoms with van der Waals surface area (Å²) in [5.74, 6) is 1.06. The summed E-state index contributed by atoms with van der Waals surface area (Å²) in [6, 6.07) is 0. The predicted molar refractivity (Wildman–Crippen MR) is 64.7 cm³/mol. The van der Waals surface area contributed by atoms with Crippen LogP contribution < -0.4 is 0 Å². The van der Waals surface area contributed by atoms with E-state index in [-0.39, 0.29) is 5.92 Å². The Morgan fingerprint density at radius 2 is 2.13 bits per heavy atom. The summed E-state index contributed by atoms with van der Waals surface area (Å²) in [4.78, 5) is 11.6. The largest absolute Gasteiger partial charge is 0.300 e. The average molecular weight is 206 g/mol. The van der Waals surface area contributed by atoms with E-state index in [2.05, 4.69) is 32.9 Å². The van der Waals surface area contributed by atoms with Crippen molar-refractivity contribution in [3.8, 4) is 0 Å². The fraction of sp³-hybridized carbons (Fsp3) is 0.643. The van der Waals surface area contributed by atoms with Crippen LogP contribution in [0.25, 0.3) is 0 Å². The first-order chi connectivity index (χ1) is 7.02. The third kappa shape index (κ3) is 3.33. The smallest absolute Gasteiger partial charge is 0.133 e. The normalized spacial score (nSPS) is 25.7. The maximum Gasteiger partial charge on any atom is 0.133 e. The molecule has 0 saturated carbocycles. The zero-order valence-corrected chi connectivity index (χ0v) is 10.3. The number of ketones is 1. The SMILES string of the molecule is CC(=O)C1CCC=C(C)C1CC=C(C)C. The van der Waals surface area contributed by atoms with Crippen molar-refractivity contribution in [3.05, 3.63) is 23.3 Å². The van der Waals surface area contributed by atoms with E-state index in [0.29, 0.717) is 11.7 Å². The van der Waals surface area contributed by atoms with Crippen LogP contribution in [-0.2, 0) is 4.79 Å². The van der Waals surface area contributed by atoms with Gasteiger partial charge in [-0.2, -0.15) is 0 Å². The van der Waals surface area contributed by atoms with Gasteiger partial charge in [-0.1, -0.05) is 23.3 Å². The summed E-state index contributed by atoms with van der Waals surface area (Å²) in [7, 11) is 0. The van der Waals surface area contributed by atoms with Crippen LogP contribution in [0.15, 0.2) is 23.3 Å². The number of hydrogen-bond donors (Lipinski definition) is 0. The van der Waals surface area contributed by atoms with Crippen molar-refractivity contribution in [1.29, 1.82) is 0 Å². The van der Waals surface area contributed by atoms with E-state index in [0.717, 1.165) is 19.3 Å². The van der Waals surface area contributed by atoms with Crippen LogP contribution in [0.1, 0.15) is 47.0 Å². The van der Waals surface area contributed by atoms with Crippen LogP contribution in [-0.4, -0.2) is 5.78 Å². The standard InChI is InChI=1S/C14H22O/c1-10(2)8-9-13-11(3)6-5-7-14(13)12(4)15/h6,8,13-14H,5,7,9H2,1-4H3. The molecule has 0 radical (unpaired) electrons. The Kier molecular flexibility index (Phi) is 4.31. The van der Waals surface area contributed by atoms with Crippen molar-refractivity contribution in [3.63, 3.8) is 0 Å². The van der Waals surface area contributed by atoms with Crippen LogP contribution in [0.3, 0.4) is 0 Å². The number of Topliss-reactive ketones (excluding diaryl/α,β-unsaturated/α-hetero) is 1. The number of rotatable bonds is 3. The maximum absolute atomic E-state index is 11.6. The topological polar surface area (TPSA) is 17.1 Å². The molecule has 1 rings (SSSR count). The lowest BCUT2D eigenvalue weighted by molar-refractivity contribution is -0.122. The van der Waals surface area contributed by atoms with Gasteiger partial charge in [0, 0.05) is 5.92 Å². The van der Waals surface area contributed by atoms with Crippen LogP contribution in [0.2, 0.25) is 0 Å². The lowest BCUT2D eigenvalue weighted by Gasteiger charge is -2.29. The Balaban J connectivity index is 2.78. The summed E-state index contributed by atoms with van der Waals surface area (Å²) < 4.78 is 0. The molecule has 2 atom stereocenters. The molecule has 0 aliphatic heterocycles. The van der Waals surface area contributed by atoms with Gasteiger partial charge in [-0.15, -0.1) is 0 Å². The minimum Gasteiger partial charge on any atom is -0.300 e. The third-order valence-electron chi connectivity index (χ3n) is 3.32. The molecule has 0 aromatic carbocycles. The second kappa shape index (κ2) is 5.29. The van der Waals surface area contributed by atoms with Crippen molar-refractivity contribution in [2.75, 3.05) is 0 Å². The maximum atomic E-state index is 11.6. The molecule has 0 saturated heterocycles. The summed E-state index contributed by atoms with van der Waals surface area (Å²) in [6.07, 6.45) is 7.68. The Labute approximate surface area is 93.3 Å². The molecule has 0 N–H and O–H groups in total. The molecule has 1 nitrogen and oxygen atoms in total. The zero-order chi connectivity index (χ0) is 11.4. The van der Waals surface area contributed by atoms with E-state index in [1.54, 1.807) is 6.92 Å². The quantitative estimate of drug-likeness (QED) is 0.640. The van der Waals surface area contributed by atoms with E-state index >= 15 is 0 Å². The molecule has 15 heavy (non-hydrogen) atoms. The molecule has 0 amide bonds. The Bertz CT molecular complexity index is 292. The summed E-state index contributed by atoms with van der Waals surface area (Å²) in [5.41, 5.74) is 2.75. The highest BCUT2D eigenvalue weighted by atomic mass is 16.1. The Morgan fingerprint density at radius 3 is 2.67 bits per heavy atom. The second-order valence-corrected chi connectivity index (χ2v) is 4.87. The van der Waals surface area contributed by atoms with E-state index in [1.165, 1.54) is 11.1 Å². The molecule has 1 heteroatoms. The van der Waals surface area contributed by atoms with Gasteiger partial charge in [-0.3, -0.25) is 4.79 Å². The fourth-order valence-corrected chi connectivity index (χ4v) is 2.36. The monoisotopic (exact) mass is 206 g/mol. The van der Waals surface area contributed by atoms with Gasteiger partial charge >= 0.3 is 0 Å². The van der Waals surface area contributed by atoms with E-state index in [1.807, 2.05) is 0 Å². The van der Waals surface area contributed by atoms with Gasteiger partial charge in [0.15, 0.2) is 0 Å². The van der Waals surface area contributed by atoms with Crippen LogP contribution in [0.5, 0.6) is 0 Å². The van der Waals surface area contributed by atoms with Crippen molar-refractivity contribution in [2.24, 2.45) is 11.8 Å². The molecule has 2 unspecified atom stereocenters. The highest BCUT2D eigenvalue weighted by Crippen LogP contribution is 2.34. The van der Waals surface area contributed by atoms with Crippen LogP contribution in [0, 0.1) is 11.8 Å². The molecule has 1 aliphatic rings. The Morgan fingerprint density at radius 1 is 1.47 bits per heavy atom. The van der Waals surface area contributed by atoms with Gasteiger partial charge in [-0.05, 0) is 52.9 Å². The molecule has 1 aliphatic carbocycles. The van der Waals surface area contributed by atoms with Crippen LogP contribution >= 0.6 is 0 Å². The van der Waals surface area contributed by atoms with Gasteiger partial charge in [0.05, 0.1) is 0 Å². The molecule has 0 heterocycles. The summed E-state index contributed by atoms with van der Waals surface area (Å²) in [5, 5.41) is 0. The highest BCUT2D eigenvalue weighted by Gasteiger charge is 2.27. The van der Waals surface area contributed by atoms with Crippen LogP contribution in [0.4, 0.5) is 0 Å². The number of carbonyl (C=O) groups excluding carboxylic acids is 1. The second-order valence-electron chi connectivity index (χ2n) is 4.87. The third-order valence-corrected chi connectivity index (χ3v) is 3.32. The van der Waals surface area contributed by atoms with Gasteiger partial charge in [0.1, 0.15) is 5.78 Å². The molecule has 0 spiro atoms. The fourth-order valence-electron chi connectivity index (χ4n) is 2.36. The van der Waals surface area contributed by atoms with Crippen molar-refractivity contribution < 1.29 is 4.79 Å². The lowest BCUT2D eigenvalue weighted by atomic mass is 9.75. The molecular formula is C14H22O. The van der Waals surface area contributed by atoms with Gasteiger partial charge in [0.2, 0.25) is 0 Å². The lowest BCUT2D eigenvalue weighted by Crippen LogP contribution is -2.25. The molecule has 0 bridgehead atoms. The molecule has 0 aromatic heterocycles. The summed E-state index contributed by atoms with van der Waals surface area (Å²) >= 11 is 0. The molecular weight excluding hydrogens is 184 g/mol. The highest BCUT2D eigenvalue weighted by molar-refractivity contribution is 5.79. The van der Waals surface area contributed by atoms with Gasteiger partial charge < -0.3 is 0 Å². The van der Waals surface area contributed by atoms with Gasteiger partial charge in [0.25, 0.3) is 0 Å². The minimum atomic E-state index is 0.255. The molecule has 0 fully saturated rings. The average Bonchev–Trinajstić information content (AvgIpc) is 2.15. The van der Waals surface area contributed by atoms with Gasteiger partial charge in [-0.25, -0.2) is 0 Å². The van der Waals surface area contributed by atoms with E-state index in [9.17, 15) is 4.79 Å². The molecule has 0 aromatic rings. The summed E-state index contributed by atoms with van der Waals surface area (Å²) in [6.45, 7) is 8.13. The van der Waals surface area contributed by atoms with Crippen molar-refractivity contribution in [1.82, 2.24) is 0 Å². The first-order valence-electron chi connectivity index (χ1n) is 5.83. The zero-order valence-electron chi connectivity index (χ0n) is 10.3. The number of allylic oxidation sites excluding steroid dienone is 4. The Hall–Kier alpha value is -0.850. The predicted octanol–water partition coefficient (Wildman–Crippen LogP) is 3.90. The number of carbonyl (C=O) groups is 1. The first-order valence-corrected chi connectivity index (χ1v) is 5.83. The molecule has 84 valence electrons. The first kappa shape index (κ1) is 12.2. The van der Waals surface area contributed by atoms with Crippen molar-refractivity contribution >= 4 is 5.78 Å². The number of hydrogen-bond acceptors (Lipinski definition) is 1. The van der Waals surface area contributed by atoms with E-state index in [4.69, 9.17) is 0 Å². The minimum absolute atomic E-state index is 0.255. The van der Waals surface area contributed by atoms with E-state index < -0.39 is 0 Å². The van der Waals surface area contributed by atoms with Crippen molar-refractivity contribution in [2.45, 2.75) is 47.0 Å².